The second-order valence-corrected chi connectivity index (χ2v) is 8.91. The van der Waals surface area contributed by atoms with Gasteiger partial charge in [0.05, 0.1) is 17.1 Å². The second kappa shape index (κ2) is 7.13. The van der Waals surface area contributed by atoms with Gasteiger partial charge in [0, 0.05) is 10.5 Å². The molecule has 2 aromatic carbocycles. The molecule has 1 aliphatic rings. The Labute approximate surface area is 153 Å². The van der Waals surface area contributed by atoms with Crippen LogP contribution in [0.15, 0.2) is 46.9 Å². The van der Waals surface area contributed by atoms with Gasteiger partial charge in [-0.15, -0.1) is 0 Å². The van der Waals surface area contributed by atoms with Crippen LogP contribution in [0.25, 0.3) is 0 Å². The molecule has 0 aromatic heterocycles. The Hall–Kier alpha value is -1.93. The van der Waals surface area contributed by atoms with E-state index < -0.39 is 21.8 Å². The van der Waals surface area contributed by atoms with Crippen LogP contribution in [0.3, 0.4) is 0 Å². The summed E-state index contributed by atoms with van der Waals surface area (Å²) in [5, 5.41) is 2.73. The molecular weight excluding hydrogens is 413 g/mol. The predicted octanol–water partition coefficient (Wildman–Crippen LogP) is 3.30. The number of benzene rings is 2. The third kappa shape index (κ3) is 4.58. The van der Waals surface area contributed by atoms with Crippen molar-refractivity contribution in [2.24, 2.45) is 0 Å². The lowest BCUT2D eigenvalue weighted by molar-refractivity contribution is 0.0939. The molecule has 25 heavy (non-hydrogen) atoms. The molecule has 1 aliphatic heterocycles. The summed E-state index contributed by atoms with van der Waals surface area (Å²) < 4.78 is 42.5. The lowest BCUT2D eigenvalue weighted by atomic mass is 10.1. The van der Waals surface area contributed by atoms with E-state index in [2.05, 4.69) is 21.2 Å². The lowest BCUT2D eigenvalue weighted by Crippen LogP contribution is -2.35. The normalized spacial score (nSPS) is 18.7. The summed E-state index contributed by atoms with van der Waals surface area (Å²) in [6, 6.07) is 9.94. The van der Waals surface area contributed by atoms with Crippen molar-refractivity contribution in [1.82, 2.24) is 5.32 Å². The van der Waals surface area contributed by atoms with Gasteiger partial charge in [0.1, 0.15) is 17.3 Å². The van der Waals surface area contributed by atoms with E-state index >= 15 is 0 Å². The van der Waals surface area contributed by atoms with Gasteiger partial charge in [0.15, 0.2) is 9.84 Å². The molecular formula is C17H15BrFNO4S. The Bertz CT molecular complexity index is 899. The van der Waals surface area contributed by atoms with Gasteiger partial charge in [-0.3, -0.25) is 4.79 Å². The zero-order valence-electron chi connectivity index (χ0n) is 13.0. The van der Waals surface area contributed by atoms with Crippen LogP contribution in [0.4, 0.5) is 4.39 Å². The number of nitrogens with one attached hydrogen (secondary N) is 1. The van der Waals surface area contributed by atoms with Gasteiger partial charge in [-0.1, -0.05) is 15.9 Å². The summed E-state index contributed by atoms with van der Waals surface area (Å²) >= 11 is 3.32. The van der Waals surface area contributed by atoms with Crippen molar-refractivity contribution >= 4 is 31.7 Å². The van der Waals surface area contributed by atoms with Gasteiger partial charge in [0.2, 0.25) is 0 Å². The minimum atomic E-state index is -3.08. The smallest absolute Gasteiger partial charge is 0.255 e. The Morgan fingerprint density at radius 1 is 1.20 bits per heavy atom. The monoisotopic (exact) mass is 427 g/mol. The van der Waals surface area contributed by atoms with Gasteiger partial charge in [0.25, 0.3) is 5.91 Å². The first-order valence-corrected chi connectivity index (χ1v) is 10.2. The van der Waals surface area contributed by atoms with Crippen LogP contribution in [0, 0.1) is 5.82 Å². The number of hydrogen-bond acceptors (Lipinski definition) is 4. The zero-order chi connectivity index (χ0) is 18.0. The molecule has 1 heterocycles. The van der Waals surface area contributed by atoms with Gasteiger partial charge < -0.3 is 10.1 Å². The van der Waals surface area contributed by atoms with Crippen molar-refractivity contribution < 1.29 is 22.3 Å². The molecule has 1 atom stereocenters. The standard InChI is InChI=1S/C17H15BrFNO4S/c18-11-1-6-15(17(21)20-13-7-8-25(22,23)10-13)16(9-11)24-14-4-2-12(19)3-5-14/h1-6,9,13H,7-8,10H2,(H,20,21)/t13-/m1/s1. The minimum Gasteiger partial charge on any atom is -0.456 e. The molecule has 1 fully saturated rings. The Morgan fingerprint density at radius 3 is 2.56 bits per heavy atom. The highest BCUT2D eigenvalue weighted by molar-refractivity contribution is 9.10. The Balaban J connectivity index is 1.81. The highest BCUT2D eigenvalue weighted by atomic mass is 79.9. The Kier molecular flexibility index (Phi) is 5.10. The molecule has 0 bridgehead atoms. The number of sulfone groups is 1. The van der Waals surface area contributed by atoms with E-state index in [1.165, 1.54) is 24.3 Å². The highest BCUT2D eigenvalue weighted by Gasteiger charge is 2.29. The molecule has 0 radical (unpaired) electrons. The molecule has 1 N–H and O–H groups in total. The third-order valence-corrected chi connectivity index (χ3v) is 6.06. The Morgan fingerprint density at radius 2 is 1.92 bits per heavy atom. The fourth-order valence-corrected chi connectivity index (χ4v) is 4.58. The molecule has 1 amide bonds. The van der Waals surface area contributed by atoms with E-state index in [0.29, 0.717) is 22.4 Å². The van der Waals surface area contributed by atoms with Gasteiger partial charge in [-0.2, -0.15) is 0 Å². The summed E-state index contributed by atoms with van der Waals surface area (Å²) in [5.74, 6) is -0.0919. The van der Waals surface area contributed by atoms with Crippen molar-refractivity contribution in [3.05, 3.63) is 58.3 Å². The maximum atomic E-state index is 13.0. The topological polar surface area (TPSA) is 72.5 Å². The van der Waals surface area contributed by atoms with E-state index in [-0.39, 0.29) is 22.9 Å². The number of amides is 1. The number of carbonyl (C=O) groups excluding carboxylic acids is 1. The summed E-state index contributed by atoms with van der Waals surface area (Å²) in [6.07, 6.45) is 0.402. The zero-order valence-corrected chi connectivity index (χ0v) is 15.4. The first kappa shape index (κ1) is 17.9. The maximum Gasteiger partial charge on any atom is 0.255 e. The summed E-state index contributed by atoms with van der Waals surface area (Å²) in [7, 11) is -3.08. The van der Waals surface area contributed by atoms with Crippen LogP contribution in [0.1, 0.15) is 16.8 Å². The maximum absolute atomic E-state index is 13.0. The van der Waals surface area contributed by atoms with Crippen LogP contribution >= 0.6 is 15.9 Å². The number of carbonyl (C=O) groups is 1. The van der Waals surface area contributed by atoms with Crippen LogP contribution in [0.2, 0.25) is 0 Å². The molecule has 2 aromatic rings. The number of hydrogen-bond donors (Lipinski definition) is 1. The number of halogens is 2. The van der Waals surface area contributed by atoms with Gasteiger partial charge in [-0.25, -0.2) is 12.8 Å². The SMILES string of the molecule is O=C(N[C@@H]1CCS(=O)(=O)C1)c1ccc(Br)cc1Oc1ccc(F)cc1. The van der Waals surface area contributed by atoms with Gasteiger partial charge >= 0.3 is 0 Å². The molecule has 3 rings (SSSR count). The van der Waals surface area contributed by atoms with Crippen LogP contribution in [-0.2, 0) is 9.84 Å². The van der Waals surface area contributed by atoms with Crippen LogP contribution in [0.5, 0.6) is 11.5 Å². The van der Waals surface area contributed by atoms with Crippen molar-refractivity contribution in [1.29, 1.82) is 0 Å². The fraction of sp³-hybridized carbons (Fsp3) is 0.235. The lowest BCUT2D eigenvalue weighted by Gasteiger charge is -2.14. The molecule has 8 heteroatoms. The summed E-state index contributed by atoms with van der Waals surface area (Å²) in [4.78, 5) is 12.5. The summed E-state index contributed by atoms with van der Waals surface area (Å²) in [6.45, 7) is 0. The average molecular weight is 428 g/mol. The largest absolute Gasteiger partial charge is 0.456 e. The fourth-order valence-electron chi connectivity index (χ4n) is 2.57. The minimum absolute atomic E-state index is 0.0522. The van der Waals surface area contributed by atoms with E-state index in [4.69, 9.17) is 4.74 Å². The molecule has 0 aliphatic carbocycles. The average Bonchev–Trinajstić information content (AvgIpc) is 2.88. The van der Waals surface area contributed by atoms with Crippen molar-refractivity contribution in [3.63, 3.8) is 0 Å². The van der Waals surface area contributed by atoms with E-state index in [1.807, 2.05) is 0 Å². The van der Waals surface area contributed by atoms with E-state index in [0.717, 1.165) is 0 Å². The second-order valence-electron chi connectivity index (χ2n) is 5.77. The van der Waals surface area contributed by atoms with Crippen LogP contribution < -0.4 is 10.1 Å². The predicted molar refractivity (Wildman–Crippen MR) is 95.1 cm³/mol. The quantitative estimate of drug-likeness (QED) is 0.812. The number of ether oxygens (including phenoxy) is 1. The van der Waals surface area contributed by atoms with Gasteiger partial charge in [-0.05, 0) is 48.9 Å². The molecule has 5 nitrogen and oxygen atoms in total. The number of rotatable bonds is 4. The van der Waals surface area contributed by atoms with Crippen molar-refractivity contribution in [2.75, 3.05) is 11.5 Å². The van der Waals surface area contributed by atoms with E-state index in [9.17, 15) is 17.6 Å². The van der Waals surface area contributed by atoms with Crippen molar-refractivity contribution in [3.8, 4) is 11.5 Å². The highest BCUT2D eigenvalue weighted by Crippen LogP contribution is 2.29. The van der Waals surface area contributed by atoms with Crippen molar-refractivity contribution in [2.45, 2.75) is 12.5 Å². The van der Waals surface area contributed by atoms with E-state index in [1.54, 1.807) is 18.2 Å². The third-order valence-electron chi connectivity index (χ3n) is 3.80. The molecule has 0 unspecified atom stereocenters. The first-order chi connectivity index (χ1) is 11.8. The molecule has 0 spiro atoms. The molecule has 0 saturated carbocycles. The van der Waals surface area contributed by atoms with Crippen LogP contribution in [-0.4, -0.2) is 31.9 Å². The molecule has 1 saturated heterocycles. The molecule has 132 valence electrons. The first-order valence-electron chi connectivity index (χ1n) is 7.57. The summed E-state index contributed by atoms with van der Waals surface area (Å²) in [5.41, 5.74) is 0.275.